The molecule has 0 bridgehead atoms. The average molecular weight is 730 g/mol. The number of benzene rings is 3. The van der Waals surface area contributed by atoms with Crippen LogP contribution in [0.1, 0.15) is 33.6 Å². The fraction of sp³-hybridized carbons (Fsp3) is 0.237. The largest absolute Gasteiger partial charge is 0.376 e. The number of hydrogen-bond acceptors (Lipinski definition) is 11. The predicted octanol–water partition coefficient (Wildman–Crippen LogP) is 4.02. The average Bonchev–Trinajstić information content (AvgIpc) is 3.71. The second-order valence-electron chi connectivity index (χ2n) is 12.9. The number of piperazine rings is 1. The minimum Gasteiger partial charge on any atom is -0.376 e. The highest BCUT2D eigenvalue weighted by Crippen LogP contribution is 2.30. The highest BCUT2D eigenvalue weighted by molar-refractivity contribution is 7.98. The van der Waals surface area contributed by atoms with Crippen molar-refractivity contribution in [3.8, 4) is 11.3 Å². The predicted molar refractivity (Wildman–Crippen MR) is 200 cm³/mol. The van der Waals surface area contributed by atoms with E-state index in [0.717, 1.165) is 33.2 Å². The molecule has 2 fully saturated rings. The van der Waals surface area contributed by atoms with Crippen molar-refractivity contribution < 1.29 is 24.0 Å². The molecule has 3 aliphatic heterocycles. The zero-order chi connectivity index (χ0) is 36.6. The SMILES string of the molecule is CSc1ccc(-c2cccc3nc(Nc4ccc(N5CCN(C(=O)CNc6ccc7c(c6)C(=O)N(C6CCC(=O)NC6=O)C7=O)CC5)cc4)nn23)cc1. The van der Waals surface area contributed by atoms with Crippen molar-refractivity contribution in [3.63, 3.8) is 0 Å². The molecule has 8 rings (SSSR count). The molecule has 5 heterocycles. The Morgan fingerprint density at radius 3 is 2.34 bits per heavy atom. The highest BCUT2D eigenvalue weighted by atomic mass is 32.2. The molecule has 2 aromatic heterocycles. The Morgan fingerprint density at radius 1 is 0.868 bits per heavy atom. The summed E-state index contributed by atoms with van der Waals surface area (Å²) in [5, 5.41) is 13.3. The smallest absolute Gasteiger partial charge is 0.262 e. The van der Waals surface area contributed by atoms with Crippen LogP contribution in [0.5, 0.6) is 0 Å². The third-order valence-corrected chi connectivity index (χ3v) is 10.5. The van der Waals surface area contributed by atoms with Gasteiger partial charge in [0.05, 0.1) is 23.4 Å². The van der Waals surface area contributed by atoms with E-state index in [4.69, 9.17) is 5.10 Å². The first-order valence-corrected chi connectivity index (χ1v) is 18.5. The number of pyridine rings is 1. The number of imide groups is 2. The van der Waals surface area contributed by atoms with Crippen LogP contribution in [-0.4, -0.2) is 99.0 Å². The monoisotopic (exact) mass is 729 g/mol. The topological polar surface area (TPSA) is 161 Å². The van der Waals surface area contributed by atoms with E-state index < -0.39 is 29.7 Å². The van der Waals surface area contributed by atoms with Crippen molar-refractivity contribution in [3.05, 3.63) is 96.1 Å². The number of anilines is 4. The molecule has 0 spiro atoms. The van der Waals surface area contributed by atoms with Gasteiger partial charge in [-0.3, -0.25) is 34.2 Å². The van der Waals surface area contributed by atoms with Crippen LogP contribution in [0.2, 0.25) is 0 Å². The van der Waals surface area contributed by atoms with Gasteiger partial charge in [-0.2, -0.15) is 4.98 Å². The summed E-state index contributed by atoms with van der Waals surface area (Å²) in [7, 11) is 0. The quantitative estimate of drug-likeness (QED) is 0.149. The molecule has 5 amide bonds. The lowest BCUT2D eigenvalue weighted by Gasteiger charge is -2.36. The first-order valence-electron chi connectivity index (χ1n) is 17.3. The van der Waals surface area contributed by atoms with E-state index in [1.165, 1.54) is 17.0 Å². The molecule has 15 heteroatoms. The minimum absolute atomic E-state index is 0.0149. The third-order valence-electron chi connectivity index (χ3n) is 9.75. The standard InChI is InChI=1S/C38H35N9O5S/c1-53-27-12-5-23(6-13-27)30-3-2-4-32-41-38(43-47(30)32)40-24-7-10-26(11-8-24)44-17-19-45(20-18-44)34(49)22-39-25-9-14-28-29(21-25)37(52)46(36(28)51)31-15-16-33(48)42-35(31)50/h2-14,21,31,39H,15-20,22H2,1H3,(H,40,43)(H,42,48,50). The third kappa shape index (κ3) is 6.66. The Kier molecular flexibility index (Phi) is 9.00. The van der Waals surface area contributed by atoms with Crippen molar-refractivity contribution in [2.45, 2.75) is 23.8 Å². The van der Waals surface area contributed by atoms with Crippen molar-refractivity contribution in [1.29, 1.82) is 0 Å². The molecule has 0 aliphatic carbocycles. The van der Waals surface area contributed by atoms with Crippen molar-refractivity contribution in [1.82, 2.24) is 29.7 Å². The molecule has 14 nitrogen and oxygen atoms in total. The minimum atomic E-state index is -1.03. The maximum Gasteiger partial charge on any atom is 0.262 e. The fourth-order valence-electron chi connectivity index (χ4n) is 6.91. The number of nitrogens with zero attached hydrogens (tertiary/aromatic N) is 6. The van der Waals surface area contributed by atoms with Crippen LogP contribution in [-0.2, 0) is 14.4 Å². The summed E-state index contributed by atoms with van der Waals surface area (Å²) in [6.07, 6.45) is 2.19. The normalized spacial score (nSPS) is 17.3. The van der Waals surface area contributed by atoms with Crippen molar-refractivity contribution in [2.75, 3.05) is 54.5 Å². The Morgan fingerprint density at radius 2 is 1.60 bits per heavy atom. The van der Waals surface area contributed by atoms with Gasteiger partial charge in [0.25, 0.3) is 11.8 Å². The number of rotatable bonds is 9. The summed E-state index contributed by atoms with van der Waals surface area (Å²) in [5.74, 6) is -1.84. The van der Waals surface area contributed by atoms with Crippen LogP contribution in [0.15, 0.2) is 89.8 Å². The van der Waals surface area contributed by atoms with Crippen molar-refractivity contribution >= 4 is 70.0 Å². The lowest BCUT2D eigenvalue weighted by atomic mass is 10.0. The van der Waals surface area contributed by atoms with E-state index in [1.807, 2.05) is 47.0 Å². The van der Waals surface area contributed by atoms with Crippen LogP contribution in [0.25, 0.3) is 16.9 Å². The number of amides is 5. The van der Waals surface area contributed by atoms with Crippen LogP contribution in [0, 0.1) is 0 Å². The van der Waals surface area contributed by atoms with Crippen molar-refractivity contribution in [2.24, 2.45) is 0 Å². The summed E-state index contributed by atoms with van der Waals surface area (Å²) in [6.45, 7) is 2.44. The Labute approximate surface area is 308 Å². The van der Waals surface area contributed by atoms with Gasteiger partial charge in [0.2, 0.25) is 23.7 Å². The molecule has 2 saturated heterocycles. The molecular formula is C38H35N9O5S. The summed E-state index contributed by atoms with van der Waals surface area (Å²) in [5.41, 5.74) is 5.52. The van der Waals surface area contributed by atoms with Crippen LogP contribution in [0.4, 0.5) is 23.0 Å². The number of carbonyl (C=O) groups excluding carboxylic acids is 5. The van der Waals surface area contributed by atoms with Gasteiger partial charge in [-0.15, -0.1) is 16.9 Å². The van der Waals surface area contributed by atoms with Gasteiger partial charge in [0.15, 0.2) is 5.65 Å². The van der Waals surface area contributed by atoms with Gasteiger partial charge in [-0.05, 0) is 79.4 Å². The molecule has 5 aromatic rings. The molecule has 3 aromatic carbocycles. The highest BCUT2D eigenvalue weighted by Gasteiger charge is 2.44. The molecule has 3 aliphatic rings. The van der Waals surface area contributed by atoms with E-state index in [-0.39, 0.29) is 36.4 Å². The number of piperidine rings is 1. The van der Waals surface area contributed by atoms with E-state index in [1.54, 1.807) is 22.7 Å². The maximum absolute atomic E-state index is 13.1. The number of thioether (sulfide) groups is 1. The Hall–Kier alpha value is -6.22. The summed E-state index contributed by atoms with van der Waals surface area (Å²) in [4.78, 5) is 74.0. The van der Waals surface area contributed by atoms with Gasteiger partial charge < -0.3 is 20.4 Å². The summed E-state index contributed by atoms with van der Waals surface area (Å²) >= 11 is 1.70. The van der Waals surface area contributed by atoms with Gasteiger partial charge in [-0.1, -0.05) is 18.2 Å². The number of aromatic nitrogens is 3. The number of carbonyl (C=O) groups is 5. The Balaban J connectivity index is 0.839. The first-order chi connectivity index (χ1) is 25.7. The molecule has 53 heavy (non-hydrogen) atoms. The van der Waals surface area contributed by atoms with Crippen LogP contribution >= 0.6 is 11.8 Å². The van der Waals surface area contributed by atoms with Gasteiger partial charge in [-0.25, -0.2) is 4.52 Å². The van der Waals surface area contributed by atoms with E-state index in [9.17, 15) is 24.0 Å². The first kappa shape index (κ1) is 33.9. The van der Waals surface area contributed by atoms with Crippen LogP contribution in [0.3, 0.4) is 0 Å². The van der Waals surface area contributed by atoms with Gasteiger partial charge in [0.1, 0.15) is 6.04 Å². The zero-order valence-electron chi connectivity index (χ0n) is 28.7. The molecule has 1 atom stereocenters. The molecule has 1 unspecified atom stereocenters. The van der Waals surface area contributed by atoms with E-state index in [2.05, 4.69) is 56.4 Å². The van der Waals surface area contributed by atoms with E-state index in [0.29, 0.717) is 37.8 Å². The number of fused-ring (bicyclic) bond motifs is 2. The fourth-order valence-corrected chi connectivity index (χ4v) is 7.32. The lowest BCUT2D eigenvalue weighted by molar-refractivity contribution is -0.136. The molecular weight excluding hydrogens is 695 g/mol. The molecule has 268 valence electrons. The molecule has 0 saturated carbocycles. The number of nitrogens with one attached hydrogen (secondary N) is 3. The van der Waals surface area contributed by atoms with Gasteiger partial charge in [0, 0.05) is 60.1 Å². The summed E-state index contributed by atoms with van der Waals surface area (Å²) in [6, 6.07) is 26.0. The second kappa shape index (κ2) is 14.1. The molecule has 0 radical (unpaired) electrons. The van der Waals surface area contributed by atoms with E-state index >= 15 is 0 Å². The lowest BCUT2D eigenvalue weighted by Crippen LogP contribution is -2.54. The Bertz CT molecular complexity index is 2270. The second-order valence-corrected chi connectivity index (χ2v) is 13.8. The molecule has 3 N–H and O–H groups in total. The van der Waals surface area contributed by atoms with Crippen LogP contribution < -0.4 is 20.9 Å². The van der Waals surface area contributed by atoms with Gasteiger partial charge >= 0.3 is 0 Å². The summed E-state index contributed by atoms with van der Waals surface area (Å²) < 4.78 is 1.84. The maximum atomic E-state index is 13.1. The number of hydrogen-bond donors (Lipinski definition) is 3. The zero-order valence-corrected chi connectivity index (χ0v) is 29.6.